The number of fused-ring (bicyclic) bond motifs is 1. The molecule has 5 rings (SSSR count). The maximum Gasteiger partial charge on any atom is 0.313 e. The van der Waals surface area contributed by atoms with E-state index in [1.54, 1.807) is 24.0 Å². The zero-order valence-corrected chi connectivity index (χ0v) is 31.2. The molecule has 2 bridgehead atoms. The van der Waals surface area contributed by atoms with Crippen molar-refractivity contribution in [2.24, 2.45) is 11.8 Å². The lowest BCUT2D eigenvalue weighted by Gasteiger charge is -2.38. The molecule has 2 aromatic rings. The predicted molar refractivity (Wildman–Crippen MR) is 199 cm³/mol. The zero-order valence-electron chi connectivity index (χ0n) is 29.6. The number of hydrogen-bond acceptors (Lipinski definition) is 8. The molecule has 1 unspecified atom stereocenters. The number of halogens is 1. The molecule has 3 fully saturated rings. The van der Waals surface area contributed by atoms with Crippen molar-refractivity contribution < 1.29 is 33.8 Å². The summed E-state index contributed by atoms with van der Waals surface area (Å²) < 4.78 is 12.8. The second-order valence-electron chi connectivity index (χ2n) is 13.3. The van der Waals surface area contributed by atoms with Gasteiger partial charge in [0.05, 0.1) is 37.1 Å². The molecule has 11 nitrogen and oxygen atoms in total. The van der Waals surface area contributed by atoms with Crippen molar-refractivity contribution in [3.8, 4) is 0 Å². The van der Waals surface area contributed by atoms with Gasteiger partial charge in [-0.2, -0.15) is 0 Å². The molecule has 3 aliphatic rings. The Morgan fingerprint density at radius 2 is 1.76 bits per heavy atom. The van der Waals surface area contributed by atoms with E-state index in [0.717, 1.165) is 18.8 Å². The number of likely N-dealkylation sites (tertiary alicyclic amines) is 1. The summed E-state index contributed by atoms with van der Waals surface area (Å²) in [6.45, 7) is 14.9. The number of carbonyl (C=O) groups excluding carboxylic acids is 4. The number of aliphatic hydroxyl groups excluding tert-OH is 1. The summed E-state index contributed by atoms with van der Waals surface area (Å²) in [5, 5.41) is 13.2. The number of carbonyl (C=O) groups is 4. The van der Waals surface area contributed by atoms with Crippen molar-refractivity contribution in [2.75, 3.05) is 42.6 Å². The SMILES string of the molecule is C=CCCC(=O)NC[C@@H](OC(=O)[C@@H]1[C@H]2O[C@@]3(CC2Br)[C@H](C(=O)N(CC=C)c2ccc(N(CC)CC)cc2)N([C@H](C)CO)C(=O)[C@@H]13)c1ccccc1. The van der Waals surface area contributed by atoms with Gasteiger partial charge in [-0.25, -0.2) is 0 Å². The summed E-state index contributed by atoms with van der Waals surface area (Å²) in [4.78, 5) is 61.0. The fourth-order valence-corrected chi connectivity index (χ4v) is 8.79. The molecule has 3 aliphatic heterocycles. The average molecular weight is 766 g/mol. The number of anilines is 2. The van der Waals surface area contributed by atoms with Crippen LogP contribution in [0.5, 0.6) is 0 Å². The van der Waals surface area contributed by atoms with Gasteiger partial charge >= 0.3 is 5.97 Å². The van der Waals surface area contributed by atoms with Crippen LogP contribution in [0.4, 0.5) is 11.4 Å². The number of hydrogen-bond donors (Lipinski definition) is 2. The highest BCUT2D eigenvalue weighted by Crippen LogP contribution is 2.61. The summed E-state index contributed by atoms with van der Waals surface area (Å²) in [5.41, 5.74) is 0.963. The van der Waals surface area contributed by atoms with Gasteiger partial charge < -0.3 is 34.6 Å². The molecule has 274 valence electrons. The molecular formula is C39H49BrN4O7. The average Bonchev–Trinajstić information content (AvgIpc) is 3.75. The van der Waals surface area contributed by atoms with Crippen LogP contribution in [0.25, 0.3) is 0 Å². The number of esters is 1. The number of benzene rings is 2. The first kappa shape index (κ1) is 38.2. The molecule has 0 radical (unpaired) electrons. The van der Waals surface area contributed by atoms with Gasteiger partial charge in [0.15, 0.2) is 0 Å². The molecule has 51 heavy (non-hydrogen) atoms. The van der Waals surface area contributed by atoms with Crippen LogP contribution in [0.3, 0.4) is 0 Å². The summed E-state index contributed by atoms with van der Waals surface area (Å²) in [5.74, 6) is -3.75. The lowest BCUT2D eigenvalue weighted by Crippen LogP contribution is -2.58. The van der Waals surface area contributed by atoms with Crippen LogP contribution in [0.15, 0.2) is 79.9 Å². The Hall–Kier alpha value is -4.00. The molecule has 1 spiro atoms. The number of amides is 3. The number of nitrogens with one attached hydrogen (secondary N) is 1. The van der Waals surface area contributed by atoms with Crippen LogP contribution in [-0.4, -0.2) is 95.1 Å². The van der Waals surface area contributed by atoms with Crippen LogP contribution < -0.4 is 15.1 Å². The molecule has 2 N–H and O–H groups in total. The van der Waals surface area contributed by atoms with Crippen molar-refractivity contribution in [3.05, 3.63) is 85.5 Å². The Kier molecular flexibility index (Phi) is 12.4. The van der Waals surface area contributed by atoms with Crippen molar-refractivity contribution in [1.29, 1.82) is 0 Å². The highest BCUT2D eigenvalue weighted by Gasteiger charge is 2.77. The Morgan fingerprint density at radius 3 is 2.37 bits per heavy atom. The molecular weight excluding hydrogens is 716 g/mol. The Bertz CT molecular complexity index is 1590. The fraction of sp³-hybridized carbons (Fsp3) is 0.487. The fourth-order valence-electron chi connectivity index (χ4n) is 7.85. The van der Waals surface area contributed by atoms with E-state index in [2.05, 4.69) is 53.2 Å². The molecule has 8 atom stereocenters. The lowest BCUT2D eigenvalue weighted by atomic mass is 9.70. The third-order valence-corrected chi connectivity index (χ3v) is 11.2. The molecule has 3 amide bonds. The standard InChI is InChI=1S/C39H49BrN4O7/c1-6-10-16-31(46)41-23-30(26-14-12-11-13-15-26)50-38(49)32-33-36(47)44(25(5)24-45)35(39(33)22-29(40)34(32)51-39)37(48)43(21-7-2)28-19-17-27(18-20-28)42(8-3)9-4/h6-7,11-15,17-20,25,29-30,32-35,45H,1-2,8-10,16,21-24H2,3-5H3,(H,41,46)/t25-,29?,30-,32+,33-,34+,35+,39-/m1/s1. The number of ether oxygens (including phenoxy) is 2. The number of allylic oxidation sites excluding steroid dienone is 1. The predicted octanol–water partition coefficient (Wildman–Crippen LogP) is 4.55. The summed E-state index contributed by atoms with van der Waals surface area (Å²) >= 11 is 3.72. The van der Waals surface area contributed by atoms with Gasteiger partial charge in [-0.15, -0.1) is 13.2 Å². The van der Waals surface area contributed by atoms with Crippen LogP contribution in [0.2, 0.25) is 0 Å². The monoisotopic (exact) mass is 764 g/mol. The molecule has 3 saturated heterocycles. The molecule has 0 aromatic heterocycles. The number of aliphatic hydroxyl groups is 1. The second kappa shape index (κ2) is 16.6. The first-order valence-electron chi connectivity index (χ1n) is 17.7. The Labute approximate surface area is 308 Å². The molecule has 2 aromatic carbocycles. The van der Waals surface area contributed by atoms with Crippen molar-refractivity contribution in [2.45, 2.75) is 74.8 Å². The van der Waals surface area contributed by atoms with Gasteiger partial charge in [0.1, 0.15) is 17.7 Å². The lowest BCUT2D eigenvalue weighted by molar-refractivity contribution is -0.160. The summed E-state index contributed by atoms with van der Waals surface area (Å²) in [6, 6.07) is 14.9. The van der Waals surface area contributed by atoms with E-state index in [0.29, 0.717) is 24.1 Å². The van der Waals surface area contributed by atoms with E-state index in [-0.39, 0.29) is 36.2 Å². The highest BCUT2D eigenvalue weighted by molar-refractivity contribution is 9.09. The normalized spacial score (nSPS) is 25.9. The van der Waals surface area contributed by atoms with Crippen LogP contribution in [-0.2, 0) is 28.7 Å². The largest absolute Gasteiger partial charge is 0.455 e. The van der Waals surface area contributed by atoms with E-state index in [9.17, 15) is 24.3 Å². The topological polar surface area (TPSA) is 129 Å². The van der Waals surface area contributed by atoms with Crippen molar-refractivity contribution in [3.63, 3.8) is 0 Å². The van der Waals surface area contributed by atoms with E-state index < -0.39 is 60.2 Å². The van der Waals surface area contributed by atoms with E-state index in [1.807, 2.05) is 54.6 Å². The first-order valence-corrected chi connectivity index (χ1v) is 18.6. The zero-order chi connectivity index (χ0) is 36.9. The van der Waals surface area contributed by atoms with Gasteiger partial charge in [0.25, 0.3) is 5.91 Å². The van der Waals surface area contributed by atoms with E-state index >= 15 is 0 Å². The smallest absolute Gasteiger partial charge is 0.313 e. The maximum atomic E-state index is 14.9. The minimum absolute atomic E-state index is 0.0316. The van der Waals surface area contributed by atoms with Gasteiger partial charge in [-0.05, 0) is 63.4 Å². The van der Waals surface area contributed by atoms with E-state index in [4.69, 9.17) is 9.47 Å². The molecule has 0 saturated carbocycles. The maximum absolute atomic E-state index is 14.9. The minimum atomic E-state index is -1.36. The summed E-state index contributed by atoms with van der Waals surface area (Å²) in [6.07, 6.45) is 2.77. The molecule has 3 heterocycles. The van der Waals surface area contributed by atoms with E-state index in [1.165, 1.54) is 4.90 Å². The third-order valence-electron chi connectivity index (χ3n) is 10.3. The molecule has 0 aliphatic carbocycles. The number of alkyl halides is 1. The quantitative estimate of drug-likeness (QED) is 0.137. The van der Waals surface area contributed by atoms with Gasteiger partial charge in [0, 0.05) is 42.3 Å². The number of nitrogens with zero attached hydrogens (tertiary/aromatic N) is 3. The van der Waals surface area contributed by atoms with Crippen LogP contribution >= 0.6 is 15.9 Å². The summed E-state index contributed by atoms with van der Waals surface area (Å²) in [7, 11) is 0. The molecule has 12 heteroatoms. The van der Waals surface area contributed by atoms with Crippen LogP contribution in [0.1, 0.15) is 51.7 Å². The van der Waals surface area contributed by atoms with Crippen LogP contribution in [0, 0.1) is 11.8 Å². The van der Waals surface area contributed by atoms with Crippen molar-refractivity contribution in [1.82, 2.24) is 10.2 Å². The third kappa shape index (κ3) is 7.36. The van der Waals surface area contributed by atoms with Gasteiger partial charge in [-0.1, -0.05) is 58.4 Å². The highest BCUT2D eigenvalue weighted by atomic mass is 79.9. The van der Waals surface area contributed by atoms with Crippen molar-refractivity contribution >= 4 is 51.0 Å². The first-order chi connectivity index (χ1) is 24.6. The number of rotatable bonds is 17. The van der Waals surface area contributed by atoms with Gasteiger partial charge in [0.2, 0.25) is 11.8 Å². The Morgan fingerprint density at radius 1 is 1.10 bits per heavy atom. The Balaban J connectivity index is 1.48. The minimum Gasteiger partial charge on any atom is -0.455 e. The second-order valence-corrected chi connectivity index (χ2v) is 14.5. The van der Waals surface area contributed by atoms with Gasteiger partial charge in [-0.3, -0.25) is 19.2 Å².